The second kappa shape index (κ2) is 13.6. The number of nitro groups is 1. The molecule has 0 atom stereocenters. The van der Waals surface area contributed by atoms with Crippen LogP contribution in [0.5, 0.6) is 11.5 Å². The highest BCUT2D eigenvalue weighted by Gasteiger charge is 2.25. The van der Waals surface area contributed by atoms with Gasteiger partial charge in [0.1, 0.15) is 5.75 Å². The van der Waals surface area contributed by atoms with Gasteiger partial charge in [-0.25, -0.2) is 0 Å². The highest BCUT2D eigenvalue weighted by molar-refractivity contribution is 5.76. The summed E-state index contributed by atoms with van der Waals surface area (Å²) in [6, 6.07) is 13.6. The van der Waals surface area contributed by atoms with Gasteiger partial charge in [-0.2, -0.15) is 0 Å². The molecule has 2 aromatic carbocycles. The molecule has 9 nitrogen and oxygen atoms in total. The Morgan fingerprint density at radius 2 is 1.74 bits per heavy atom. The van der Waals surface area contributed by atoms with Crippen LogP contribution in [0.1, 0.15) is 57.4 Å². The van der Waals surface area contributed by atoms with Crippen LogP contribution >= 0.6 is 0 Å². The number of amides is 1. The fraction of sp³-hybridized carbons (Fsp3) is 0.567. The normalized spacial score (nSPS) is 17.3. The van der Waals surface area contributed by atoms with E-state index in [9.17, 15) is 14.9 Å². The first-order chi connectivity index (χ1) is 18.8. The highest BCUT2D eigenvalue weighted by Crippen LogP contribution is 2.32. The molecular formula is C30H42N4O5. The van der Waals surface area contributed by atoms with Crippen LogP contribution < -0.4 is 14.8 Å². The maximum absolute atomic E-state index is 12.9. The predicted octanol–water partition coefficient (Wildman–Crippen LogP) is 5.31. The van der Waals surface area contributed by atoms with Crippen LogP contribution in [0, 0.1) is 16.0 Å². The molecule has 0 aliphatic carbocycles. The first-order valence-corrected chi connectivity index (χ1v) is 14.1. The average Bonchev–Trinajstić information content (AvgIpc) is 2.95. The zero-order chi connectivity index (χ0) is 27.8. The first-order valence-electron chi connectivity index (χ1n) is 14.1. The molecule has 0 radical (unpaired) electrons. The van der Waals surface area contributed by atoms with Crippen LogP contribution in [0.2, 0.25) is 0 Å². The fourth-order valence-corrected chi connectivity index (χ4v) is 5.41. The maximum Gasteiger partial charge on any atom is 0.311 e. The van der Waals surface area contributed by atoms with Crippen LogP contribution in [0.25, 0.3) is 0 Å². The summed E-state index contributed by atoms with van der Waals surface area (Å²) in [5.74, 6) is 2.25. The summed E-state index contributed by atoms with van der Waals surface area (Å²) >= 11 is 0. The van der Waals surface area contributed by atoms with E-state index in [1.807, 2.05) is 30.9 Å². The third-order valence-corrected chi connectivity index (χ3v) is 7.76. The number of rotatable bonds is 11. The number of carbonyl (C=O) groups excluding carboxylic acids is 1. The molecule has 2 aliphatic rings. The van der Waals surface area contributed by atoms with Crippen LogP contribution in [0.4, 0.5) is 11.4 Å². The predicted molar refractivity (Wildman–Crippen MR) is 153 cm³/mol. The molecule has 2 saturated heterocycles. The zero-order valence-electron chi connectivity index (χ0n) is 23.4. The van der Waals surface area contributed by atoms with E-state index in [-0.39, 0.29) is 23.6 Å². The molecule has 1 N–H and O–H groups in total. The Labute approximate surface area is 231 Å². The summed E-state index contributed by atoms with van der Waals surface area (Å²) in [5.41, 5.74) is 2.16. The van der Waals surface area contributed by atoms with E-state index < -0.39 is 4.92 Å². The monoisotopic (exact) mass is 538 g/mol. The Balaban J connectivity index is 1.18. The van der Waals surface area contributed by atoms with Gasteiger partial charge in [-0.1, -0.05) is 26.0 Å². The van der Waals surface area contributed by atoms with Crippen LogP contribution in [0.15, 0.2) is 42.5 Å². The number of hydrogen-bond donors (Lipinski definition) is 1. The van der Waals surface area contributed by atoms with Crippen molar-refractivity contribution in [3.8, 4) is 11.5 Å². The number of hydrogen-bond acceptors (Lipinski definition) is 7. The van der Waals surface area contributed by atoms with E-state index in [1.165, 1.54) is 11.6 Å². The van der Waals surface area contributed by atoms with E-state index in [0.717, 1.165) is 69.8 Å². The number of anilines is 1. The molecule has 4 rings (SSSR count). The summed E-state index contributed by atoms with van der Waals surface area (Å²) in [6.45, 7) is 8.74. The van der Waals surface area contributed by atoms with Crippen molar-refractivity contribution in [2.45, 2.75) is 57.9 Å². The standard InChI is InChI=1S/C30H42N4O5/c1-22(2)21-39-29-20-26(6-9-28(29)34(36)37)31-25-12-18-33(19-13-25)30(35)14-17-32-15-10-24(11-16-32)23-4-7-27(38-3)8-5-23/h4-9,20,22,24-25,31H,10-19,21H2,1-3H3. The topological polar surface area (TPSA) is 97.2 Å². The first kappa shape index (κ1) is 28.7. The second-order valence-electron chi connectivity index (χ2n) is 11.1. The van der Waals surface area contributed by atoms with Crippen molar-refractivity contribution in [1.29, 1.82) is 0 Å². The molecule has 0 saturated carbocycles. The van der Waals surface area contributed by atoms with Crippen molar-refractivity contribution in [3.05, 3.63) is 58.1 Å². The summed E-state index contributed by atoms with van der Waals surface area (Å²) in [5, 5.41) is 14.9. The Kier molecular flexibility index (Phi) is 10.0. The lowest BCUT2D eigenvalue weighted by Gasteiger charge is -2.35. The molecule has 2 aliphatic heterocycles. The van der Waals surface area contributed by atoms with E-state index in [1.54, 1.807) is 19.2 Å². The summed E-state index contributed by atoms with van der Waals surface area (Å²) in [7, 11) is 1.69. The van der Waals surface area contributed by atoms with Gasteiger partial charge in [-0.05, 0) is 74.4 Å². The molecular weight excluding hydrogens is 496 g/mol. The SMILES string of the molecule is COc1ccc(C2CCN(CCC(=O)N3CCC(Nc4ccc([N+](=O)[O-])c(OCC(C)C)c4)CC3)CC2)cc1. The number of likely N-dealkylation sites (tertiary alicyclic amines) is 2. The highest BCUT2D eigenvalue weighted by atomic mass is 16.6. The number of ether oxygens (including phenoxy) is 2. The molecule has 2 aromatic rings. The van der Waals surface area contributed by atoms with Crippen molar-refractivity contribution in [2.24, 2.45) is 5.92 Å². The molecule has 0 spiro atoms. The van der Waals surface area contributed by atoms with Gasteiger partial charge >= 0.3 is 5.69 Å². The molecule has 2 fully saturated rings. The molecule has 212 valence electrons. The van der Waals surface area contributed by atoms with Crippen LogP contribution in [-0.2, 0) is 4.79 Å². The molecule has 2 heterocycles. The molecule has 0 aromatic heterocycles. The minimum absolute atomic E-state index is 0.0217. The van der Waals surface area contributed by atoms with Crippen molar-refractivity contribution in [1.82, 2.24) is 9.80 Å². The van der Waals surface area contributed by atoms with E-state index in [0.29, 0.717) is 24.7 Å². The zero-order valence-corrected chi connectivity index (χ0v) is 23.4. The third kappa shape index (κ3) is 8.08. The molecule has 1 amide bonds. The van der Waals surface area contributed by atoms with Gasteiger partial charge in [0.05, 0.1) is 18.6 Å². The summed E-state index contributed by atoms with van der Waals surface area (Å²) in [6.07, 6.45) is 4.48. The van der Waals surface area contributed by atoms with Gasteiger partial charge in [0.25, 0.3) is 0 Å². The minimum Gasteiger partial charge on any atom is -0.497 e. The second-order valence-corrected chi connectivity index (χ2v) is 11.1. The van der Waals surface area contributed by atoms with Crippen molar-refractivity contribution < 1.29 is 19.2 Å². The number of carbonyl (C=O) groups is 1. The third-order valence-electron chi connectivity index (χ3n) is 7.76. The van der Waals surface area contributed by atoms with E-state index in [4.69, 9.17) is 9.47 Å². The Morgan fingerprint density at radius 1 is 1.05 bits per heavy atom. The number of nitrogens with one attached hydrogen (secondary N) is 1. The fourth-order valence-electron chi connectivity index (χ4n) is 5.41. The van der Waals surface area contributed by atoms with E-state index >= 15 is 0 Å². The Bertz CT molecular complexity index is 1090. The van der Waals surface area contributed by atoms with Gasteiger partial charge in [-0.15, -0.1) is 0 Å². The van der Waals surface area contributed by atoms with Gasteiger partial charge in [-0.3, -0.25) is 14.9 Å². The van der Waals surface area contributed by atoms with Gasteiger partial charge in [0.15, 0.2) is 5.75 Å². The molecule has 9 heteroatoms. The largest absolute Gasteiger partial charge is 0.497 e. The van der Waals surface area contributed by atoms with E-state index in [2.05, 4.69) is 22.3 Å². The minimum atomic E-state index is -0.410. The number of nitrogens with zero attached hydrogens (tertiary/aromatic N) is 3. The van der Waals surface area contributed by atoms with Gasteiger partial charge in [0, 0.05) is 49.9 Å². The molecule has 0 unspecified atom stereocenters. The quantitative estimate of drug-likeness (QED) is 0.306. The number of piperidine rings is 2. The Hall–Kier alpha value is -3.33. The summed E-state index contributed by atoms with van der Waals surface area (Å²) in [4.78, 5) is 28.3. The van der Waals surface area contributed by atoms with Crippen LogP contribution in [0.3, 0.4) is 0 Å². The lowest BCUT2D eigenvalue weighted by Crippen LogP contribution is -2.43. The smallest absolute Gasteiger partial charge is 0.311 e. The number of benzene rings is 2. The molecule has 0 bridgehead atoms. The lowest BCUT2D eigenvalue weighted by atomic mass is 9.89. The number of nitro benzene ring substituents is 1. The van der Waals surface area contributed by atoms with Crippen molar-refractivity contribution in [2.75, 3.05) is 51.8 Å². The lowest BCUT2D eigenvalue weighted by molar-refractivity contribution is -0.385. The van der Waals surface area contributed by atoms with Gasteiger partial charge in [0.2, 0.25) is 5.91 Å². The Morgan fingerprint density at radius 3 is 2.36 bits per heavy atom. The van der Waals surface area contributed by atoms with Crippen molar-refractivity contribution >= 4 is 17.3 Å². The van der Waals surface area contributed by atoms with Gasteiger partial charge < -0.3 is 24.6 Å². The van der Waals surface area contributed by atoms with Crippen molar-refractivity contribution in [3.63, 3.8) is 0 Å². The number of methoxy groups -OCH3 is 1. The average molecular weight is 539 g/mol. The maximum atomic E-state index is 12.9. The van der Waals surface area contributed by atoms with Crippen LogP contribution in [-0.4, -0.2) is 73.1 Å². The summed E-state index contributed by atoms with van der Waals surface area (Å²) < 4.78 is 11.0. The molecule has 39 heavy (non-hydrogen) atoms.